The first kappa shape index (κ1) is 11.4. The normalized spacial score (nSPS) is 12.3. The maximum absolute atomic E-state index is 11.2. The van der Waals surface area contributed by atoms with E-state index in [1.807, 2.05) is 18.2 Å². The van der Waals surface area contributed by atoms with Crippen LogP contribution in [0, 0.1) is 0 Å². The number of benzene rings is 1. The molecule has 0 saturated carbocycles. The molecule has 2 aromatic rings. The summed E-state index contributed by atoms with van der Waals surface area (Å²) in [6.45, 7) is 5.23. The first-order valence-corrected chi connectivity index (χ1v) is 5.51. The Bertz CT molecular complexity index is 544. The molecule has 0 saturated heterocycles. The van der Waals surface area contributed by atoms with Gasteiger partial charge in [-0.2, -0.15) is 5.10 Å². The summed E-state index contributed by atoms with van der Waals surface area (Å²) in [6, 6.07) is 5.97. The first-order chi connectivity index (χ1) is 8.20. The zero-order chi connectivity index (χ0) is 12.3. The lowest BCUT2D eigenvalue weighted by molar-refractivity contribution is -0.119. The van der Waals surface area contributed by atoms with Crippen molar-refractivity contribution in [2.45, 2.75) is 19.4 Å². The third-order valence-electron chi connectivity index (χ3n) is 2.65. The number of aromatic amines is 1. The molecule has 17 heavy (non-hydrogen) atoms. The van der Waals surface area contributed by atoms with E-state index in [1.165, 1.54) is 6.92 Å². The summed E-state index contributed by atoms with van der Waals surface area (Å²) in [6.07, 6.45) is 4.29. The number of fused-ring (bicyclic) bond motifs is 1. The number of nitrogens with zero attached hydrogens (tertiary/aromatic N) is 1. The fourth-order valence-corrected chi connectivity index (χ4v) is 1.86. The number of rotatable bonds is 4. The van der Waals surface area contributed by atoms with Crippen LogP contribution in [0.1, 0.15) is 24.9 Å². The van der Waals surface area contributed by atoms with E-state index in [9.17, 15) is 4.79 Å². The van der Waals surface area contributed by atoms with Gasteiger partial charge in [-0.15, -0.1) is 6.58 Å². The van der Waals surface area contributed by atoms with Gasteiger partial charge in [0.1, 0.15) is 0 Å². The summed E-state index contributed by atoms with van der Waals surface area (Å²) in [5.41, 5.74) is 2.03. The summed E-state index contributed by atoms with van der Waals surface area (Å²) in [5, 5.41) is 10.9. The molecule has 0 aliphatic rings. The highest BCUT2D eigenvalue weighted by Crippen LogP contribution is 2.21. The number of amides is 1. The zero-order valence-electron chi connectivity index (χ0n) is 9.73. The molecule has 1 atom stereocenters. The van der Waals surface area contributed by atoms with Crippen LogP contribution in [0.15, 0.2) is 37.1 Å². The third-order valence-corrected chi connectivity index (χ3v) is 2.65. The SMILES string of the molecule is C=CC[C@@H](NC(C)=O)c1ccc2cn[nH]c2c1. The fraction of sp³-hybridized carbons (Fsp3) is 0.231. The predicted molar refractivity (Wildman–Crippen MR) is 67.5 cm³/mol. The van der Waals surface area contributed by atoms with Gasteiger partial charge in [0.2, 0.25) is 5.91 Å². The van der Waals surface area contributed by atoms with Crippen LogP contribution in [-0.2, 0) is 4.79 Å². The van der Waals surface area contributed by atoms with Gasteiger partial charge < -0.3 is 5.32 Å². The summed E-state index contributed by atoms with van der Waals surface area (Å²) in [7, 11) is 0. The number of aromatic nitrogens is 2. The minimum Gasteiger partial charge on any atom is -0.349 e. The summed E-state index contributed by atoms with van der Waals surface area (Å²) in [5.74, 6) is -0.0402. The second kappa shape index (κ2) is 4.82. The summed E-state index contributed by atoms with van der Waals surface area (Å²) < 4.78 is 0. The Labute approximate surface area is 99.7 Å². The zero-order valence-corrected chi connectivity index (χ0v) is 9.73. The van der Waals surface area contributed by atoms with Gasteiger partial charge in [0, 0.05) is 12.3 Å². The van der Waals surface area contributed by atoms with E-state index in [4.69, 9.17) is 0 Å². The number of H-pyrrole nitrogens is 1. The van der Waals surface area contributed by atoms with E-state index >= 15 is 0 Å². The quantitative estimate of drug-likeness (QED) is 0.790. The Morgan fingerprint density at radius 2 is 2.47 bits per heavy atom. The van der Waals surface area contributed by atoms with Gasteiger partial charge in [-0.3, -0.25) is 9.89 Å². The molecule has 0 aliphatic heterocycles. The monoisotopic (exact) mass is 229 g/mol. The van der Waals surface area contributed by atoms with Crippen LogP contribution in [0.4, 0.5) is 0 Å². The van der Waals surface area contributed by atoms with Crippen LogP contribution < -0.4 is 5.32 Å². The molecule has 2 N–H and O–H groups in total. The van der Waals surface area contributed by atoms with Gasteiger partial charge in [-0.1, -0.05) is 18.2 Å². The highest BCUT2D eigenvalue weighted by Gasteiger charge is 2.11. The molecule has 1 aromatic heterocycles. The van der Waals surface area contributed by atoms with Gasteiger partial charge in [0.15, 0.2) is 0 Å². The van der Waals surface area contributed by atoms with E-state index in [1.54, 1.807) is 12.3 Å². The van der Waals surface area contributed by atoms with E-state index < -0.39 is 0 Å². The van der Waals surface area contributed by atoms with Crippen molar-refractivity contribution in [2.24, 2.45) is 0 Å². The Morgan fingerprint density at radius 3 is 3.18 bits per heavy atom. The molecule has 2 rings (SSSR count). The van der Waals surface area contributed by atoms with Crippen molar-refractivity contribution in [2.75, 3.05) is 0 Å². The molecule has 0 radical (unpaired) electrons. The van der Waals surface area contributed by atoms with Crippen molar-refractivity contribution < 1.29 is 4.79 Å². The molecular weight excluding hydrogens is 214 g/mol. The third kappa shape index (κ3) is 2.53. The number of carbonyl (C=O) groups is 1. The van der Waals surface area contributed by atoms with Crippen molar-refractivity contribution in [1.82, 2.24) is 15.5 Å². The molecular formula is C13H15N3O. The molecule has 0 aliphatic carbocycles. The summed E-state index contributed by atoms with van der Waals surface area (Å²) in [4.78, 5) is 11.2. The molecule has 0 fully saturated rings. The minimum atomic E-state index is -0.0402. The Kier molecular flexibility index (Phi) is 3.23. The van der Waals surface area contributed by atoms with Gasteiger partial charge >= 0.3 is 0 Å². The largest absolute Gasteiger partial charge is 0.349 e. The average molecular weight is 229 g/mol. The van der Waals surface area contributed by atoms with Crippen LogP contribution in [0.3, 0.4) is 0 Å². The fourth-order valence-electron chi connectivity index (χ4n) is 1.86. The molecule has 0 unspecified atom stereocenters. The van der Waals surface area contributed by atoms with Crippen molar-refractivity contribution >= 4 is 16.8 Å². The van der Waals surface area contributed by atoms with E-state index in [-0.39, 0.29) is 11.9 Å². The Balaban J connectivity index is 2.32. The average Bonchev–Trinajstić information content (AvgIpc) is 2.74. The number of hydrogen-bond acceptors (Lipinski definition) is 2. The molecule has 1 aromatic carbocycles. The number of hydrogen-bond donors (Lipinski definition) is 2. The van der Waals surface area contributed by atoms with Crippen molar-refractivity contribution in [1.29, 1.82) is 0 Å². The lowest BCUT2D eigenvalue weighted by Gasteiger charge is -2.16. The van der Waals surface area contributed by atoms with E-state index in [0.717, 1.165) is 16.5 Å². The Morgan fingerprint density at radius 1 is 1.65 bits per heavy atom. The highest BCUT2D eigenvalue weighted by atomic mass is 16.1. The Hall–Kier alpha value is -2.10. The van der Waals surface area contributed by atoms with Crippen molar-refractivity contribution in [3.05, 3.63) is 42.6 Å². The minimum absolute atomic E-state index is 0.0299. The second-order valence-corrected chi connectivity index (χ2v) is 3.99. The van der Waals surface area contributed by atoms with E-state index in [0.29, 0.717) is 6.42 Å². The van der Waals surface area contributed by atoms with Crippen LogP contribution in [0.5, 0.6) is 0 Å². The lowest BCUT2D eigenvalue weighted by atomic mass is 10.0. The van der Waals surface area contributed by atoms with Crippen molar-refractivity contribution in [3.63, 3.8) is 0 Å². The van der Waals surface area contributed by atoms with Crippen LogP contribution in [0.25, 0.3) is 10.9 Å². The van der Waals surface area contributed by atoms with Gasteiger partial charge in [-0.25, -0.2) is 0 Å². The maximum atomic E-state index is 11.2. The second-order valence-electron chi connectivity index (χ2n) is 3.99. The standard InChI is InChI=1S/C13H15N3O/c1-3-4-12(15-9(2)17)10-5-6-11-8-14-16-13(11)7-10/h3,5-8,12H,1,4H2,2H3,(H,14,16)(H,15,17)/t12-/m1/s1. The van der Waals surface area contributed by atoms with Crippen molar-refractivity contribution in [3.8, 4) is 0 Å². The molecule has 4 heteroatoms. The van der Waals surface area contributed by atoms with Gasteiger partial charge in [-0.05, 0) is 18.1 Å². The number of carbonyl (C=O) groups excluding carboxylic acids is 1. The first-order valence-electron chi connectivity index (χ1n) is 5.51. The summed E-state index contributed by atoms with van der Waals surface area (Å²) >= 11 is 0. The maximum Gasteiger partial charge on any atom is 0.217 e. The lowest BCUT2D eigenvalue weighted by Crippen LogP contribution is -2.25. The number of nitrogens with one attached hydrogen (secondary N) is 2. The highest BCUT2D eigenvalue weighted by molar-refractivity contribution is 5.79. The molecule has 1 heterocycles. The molecule has 88 valence electrons. The molecule has 4 nitrogen and oxygen atoms in total. The van der Waals surface area contributed by atoms with Crippen LogP contribution in [-0.4, -0.2) is 16.1 Å². The molecule has 0 bridgehead atoms. The molecule has 1 amide bonds. The van der Waals surface area contributed by atoms with Crippen LogP contribution in [0.2, 0.25) is 0 Å². The van der Waals surface area contributed by atoms with E-state index in [2.05, 4.69) is 22.1 Å². The molecule has 0 spiro atoms. The van der Waals surface area contributed by atoms with Gasteiger partial charge in [0.25, 0.3) is 0 Å². The predicted octanol–water partition coefficient (Wildman–Crippen LogP) is 2.32. The van der Waals surface area contributed by atoms with Crippen LogP contribution >= 0.6 is 0 Å². The topological polar surface area (TPSA) is 57.8 Å². The van der Waals surface area contributed by atoms with Gasteiger partial charge in [0.05, 0.1) is 17.8 Å². The smallest absolute Gasteiger partial charge is 0.217 e.